The third-order valence-corrected chi connectivity index (χ3v) is 7.18. The van der Waals surface area contributed by atoms with E-state index in [4.69, 9.17) is 21.3 Å². The number of ether oxygens (including phenoxy) is 1. The van der Waals surface area contributed by atoms with Crippen LogP contribution in [0.3, 0.4) is 0 Å². The standard InChI is InChI=1S/C30H25ClN2O2S/c1-18-5-6-20-16-21(28(33-25(20)15-18)36-24-13-11-23(31)12-14-24)17-26-29(34)35-27(32-26)19-7-9-22(10-8-19)30(2,3)4/h5-17H,1-4H3. The summed E-state index contributed by atoms with van der Waals surface area (Å²) in [6.45, 7) is 8.53. The molecule has 5 rings (SSSR count). The summed E-state index contributed by atoms with van der Waals surface area (Å²) in [5.41, 5.74) is 5.08. The molecule has 0 unspecified atom stereocenters. The van der Waals surface area contributed by atoms with Gasteiger partial charge in [0.05, 0.1) is 5.52 Å². The zero-order chi connectivity index (χ0) is 25.4. The number of aromatic nitrogens is 1. The first kappa shape index (κ1) is 24.3. The van der Waals surface area contributed by atoms with E-state index in [1.54, 1.807) is 6.08 Å². The lowest BCUT2D eigenvalue weighted by Gasteiger charge is -2.18. The van der Waals surface area contributed by atoms with Crippen molar-refractivity contribution in [2.75, 3.05) is 0 Å². The Hall–Kier alpha value is -3.41. The van der Waals surface area contributed by atoms with Gasteiger partial charge in [-0.1, -0.05) is 68.4 Å². The number of hydrogen-bond acceptors (Lipinski definition) is 5. The first-order valence-electron chi connectivity index (χ1n) is 11.6. The van der Waals surface area contributed by atoms with Crippen LogP contribution < -0.4 is 0 Å². The molecule has 0 atom stereocenters. The number of aryl methyl sites for hydroxylation is 1. The molecule has 2 heterocycles. The molecule has 0 saturated heterocycles. The predicted molar refractivity (Wildman–Crippen MR) is 148 cm³/mol. The number of cyclic esters (lactones) is 1. The Morgan fingerprint density at radius 3 is 2.36 bits per heavy atom. The van der Waals surface area contributed by atoms with E-state index in [9.17, 15) is 4.79 Å². The highest BCUT2D eigenvalue weighted by atomic mass is 35.5. The smallest absolute Gasteiger partial charge is 0.363 e. The average molecular weight is 513 g/mol. The molecule has 1 aliphatic heterocycles. The minimum atomic E-state index is -0.476. The molecule has 0 bridgehead atoms. The van der Waals surface area contributed by atoms with Crippen LogP contribution in [0.5, 0.6) is 0 Å². The molecule has 0 fully saturated rings. The highest BCUT2D eigenvalue weighted by Crippen LogP contribution is 2.34. The van der Waals surface area contributed by atoms with Crippen molar-refractivity contribution in [2.45, 2.75) is 43.0 Å². The Kier molecular flexibility index (Phi) is 6.45. The highest BCUT2D eigenvalue weighted by Gasteiger charge is 2.25. The van der Waals surface area contributed by atoms with Crippen LogP contribution in [0.1, 0.15) is 43.0 Å². The first-order valence-corrected chi connectivity index (χ1v) is 12.8. The number of carbonyl (C=O) groups excluding carboxylic acids is 1. The fraction of sp³-hybridized carbons (Fsp3) is 0.167. The molecule has 6 heteroatoms. The molecule has 1 aromatic heterocycles. The Labute approximate surface area is 220 Å². The van der Waals surface area contributed by atoms with E-state index in [0.29, 0.717) is 10.9 Å². The van der Waals surface area contributed by atoms with E-state index >= 15 is 0 Å². The number of fused-ring (bicyclic) bond motifs is 1. The SMILES string of the molecule is Cc1ccc2cc(C=C3N=C(c4ccc(C(C)(C)C)cc4)OC3=O)c(Sc3ccc(Cl)cc3)nc2c1. The second-order valence-corrected chi connectivity index (χ2v) is 11.3. The van der Waals surface area contributed by atoms with E-state index < -0.39 is 5.97 Å². The Balaban J connectivity index is 1.54. The molecule has 0 spiro atoms. The van der Waals surface area contributed by atoms with Gasteiger partial charge in [0.2, 0.25) is 5.90 Å². The van der Waals surface area contributed by atoms with Crippen molar-refractivity contribution in [3.05, 3.63) is 106 Å². The van der Waals surface area contributed by atoms with Gasteiger partial charge in [0.25, 0.3) is 0 Å². The van der Waals surface area contributed by atoms with E-state index in [0.717, 1.165) is 37.5 Å². The molecular formula is C30H25ClN2O2S. The molecule has 0 N–H and O–H groups in total. The van der Waals surface area contributed by atoms with Crippen LogP contribution >= 0.6 is 23.4 Å². The Morgan fingerprint density at radius 2 is 1.67 bits per heavy atom. The quantitative estimate of drug-likeness (QED) is 0.205. The summed E-state index contributed by atoms with van der Waals surface area (Å²) in [4.78, 5) is 23.2. The number of carbonyl (C=O) groups is 1. The molecule has 0 amide bonds. The number of rotatable bonds is 4. The topological polar surface area (TPSA) is 51.5 Å². The second-order valence-electron chi connectivity index (χ2n) is 9.80. The Morgan fingerprint density at radius 1 is 0.944 bits per heavy atom. The van der Waals surface area contributed by atoms with Crippen molar-refractivity contribution in [3.8, 4) is 0 Å². The number of hydrogen-bond donors (Lipinski definition) is 0. The maximum Gasteiger partial charge on any atom is 0.363 e. The van der Waals surface area contributed by atoms with E-state index in [1.165, 1.54) is 17.3 Å². The molecule has 4 nitrogen and oxygen atoms in total. The minimum absolute atomic E-state index is 0.0392. The summed E-state index contributed by atoms with van der Waals surface area (Å²) >= 11 is 7.58. The van der Waals surface area contributed by atoms with Gasteiger partial charge in [-0.25, -0.2) is 14.8 Å². The van der Waals surface area contributed by atoms with Crippen LogP contribution in [-0.4, -0.2) is 16.9 Å². The van der Waals surface area contributed by atoms with Crippen LogP contribution in [0, 0.1) is 6.92 Å². The van der Waals surface area contributed by atoms with Crippen molar-refractivity contribution in [1.82, 2.24) is 4.98 Å². The summed E-state index contributed by atoms with van der Waals surface area (Å²) in [6.07, 6.45) is 1.75. The molecule has 3 aromatic carbocycles. The fourth-order valence-corrected chi connectivity index (χ4v) is 4.87. The van der Waals surface area contributed by atoms with Crippen molar-refractivity contribution in [3.63, 3.8) is 0 Å². The molecule has 0 radical (unpaired) electrons. The second kappa shape index (κ2) is 9.57. The minimum Gasteiger partial charge on any atom is -0.402 e. The zero-order valence-electron chi connectivity index (χ0n) is 20.5. The molecule has 36 heavy (non-hydrogen) atoms. The molecular weight excluding hydrogens is 488 g/mol. The Bertz CT molecular complexity index is 1530. The van der Waals surface area contributed by atoms with Crippen LogP contribution in [-0.2, 0) is 14.9 Å². The summed E-state index contributed by atoms with van der Waals surface area (Å²) in [5, 5.41) is 2.44. The normalized spacial score (nSPS) is 14.9. The molecule has 180 valence electrons. The van der Waals surface area contributed by atoms with Crippen molar-refractivity contribution in [2.24, 2.45) is 4.99 Å². The summed E-state index contributed by atoms with van der Waals surface area (Å²) in [5.74, 6) is -0.167. The number of pyridine rings is 1. The predicted octanol–water partition coefficient (Wildman–Crippen LogP) is 7.99. The maximum absolute atomic E-state index is 12.8. The van der Waals surface area contributed by atoms with Crippen LogP contribution in [0.25, 0.3) is 17.0 Å². The van der Waals surface area contributed by atoms with Crippen molar-refractivity contribution < 1.29 is 9.53 Å². The van der Waals surface area contributed by atoms with Crippen LogP contribution in [0.4, 0.5) is 0 Å². The third-order valence-electron chi connectivity index (χ3n) is 5.90. The lowest BCUT2D eigenvalue weighted by molar-refractivity contribution is -0.129. The van der Waals surface area contributed by atoms with Gasteiger partial charge in [0, 0.05) is 26.4 Å². The average Bonchev–Trinajstić information content (AvgIpc) is 3.20. The fourth-order valence-electron chi connectivity index (χ4n) is 3.87. The maximum atomic E-state index is 12.8. The molecule has 1 aliphatic rings. The molecule has 4 aromatic rings. The zero-order valence-corrected chi connectivity index (χ0v) is 22.1. The van der Waals surface area contributed by atoms with E-state index in [2.05, 4.69) is 31.8 Å². The lowest BCUT2D eigenvalue weighted by Crippen LogP contribution is -2.11. The van der Waals surface area contributed by atoms with Gasteiger partial charge < -0.3 is 4.74 Å². The summed E-state index contributed by atoms with van der Waals surface area (Å²) < 4.78 is 5.53. The van der Waals surface area contributed by atoms with Gasteiger partial charge in [-0.3, -0.25) is 0 Å². The van der Waals surface area contributed by atoms with E-state index in [1.807, 2.05) is 73.7 Å². The lowest BCUT2D eigenvalue weighted by atomic mass is 9.87. The number of benzene rings is 3. The first-order chi connectivity index (χ1) is 17.2. The number of esters is 1. The number of nitrogens with zero attached hydrogens (tertiary/aromatic N) is 2. The van der Waals surface area contributed by atoms with Gasteiger partial charge in [0.15, 0.2) is 5.70 Å². The highest BCUT2D eigenvalue weighted by molar-refractivity contribution is 7.99. The van der Waals surface area contributed by atoms with Crippen molar-refractivity contribution in [1.29, 1.82) is 0 Å². The summed E-state index contributed by atoms with van der Waals surface area (Å²) in [6, 6.07) is 23.8. The van der Waals surface area contributed by atoms with Gasteiger partial charge in [-0.2, -0.15) is 0 Å². The van der Waals surface area contributed by atoms with E-state index in [-0.39, 0.29) is 11.1 Å². The summed E-state index contributed by atoms with van der Waals surface area (Å²) in [7, 11) is 0. The number of halogens is 1. The number of aliphatic imine (C=N–C) groups is 1. The van der Waals surface area contributed by atoms with Gasteiger partial charge >= 0.3 is 5.97 Å². The van der Waals surface area contributed by atoms with Crippen LogP contribution in [0.2, 0.25) is 5.02 Å². The van der Waals surface area contributed by atoms with Gasteiger partial charge in [0.1, 0.15) is 5.03 Å². The van der Waals surface area contributed by atoms with Crippen LogP contribution in [0.15, 0.2) is 93.4 Å². The third kappa shape index (κ3) is 5.23. The van der Waals surface area contributed by atoms with Gasteiger partial charge in [-0.15, -0.1) is 0 Å². The molecule has 0 aliphatic carbocycles. The molecule has 0 saturated carbocycles. The van der Waals surface area contributed by atoms with Gasteiger partial charge in [-0.05, 0) is 78.1 Å². The monoisotopic (exact) mass is 512 g/mol. The largest absolute Gasteiger partial charge is 0.402 e. The van der Waals surface area contributed by atoms with Crippen molar-refractivity contribution >= 4 is 52.2 Å².